The fourth-order valence-electron chi connectivity index (χ4n) is 3.15. The Balaban J connectivity index is 1.79. The number of carbonyl (C=O) groups is 1. The molecule has 0 saturated heterocycles. The average molecular weight is 386 g/mol. The smallest absolute Gasteiger partial charge is 0.261 e. The average Bonchev–Trinajstić information content (AvgIpc) is 2.78. The lowest BCUT2D eigenvalue weighted by molar-refractivity contribution is -0.133. The summed E-state index contributed by atoms with van der Waals surface area (Å²) < 4.78 is 11.0. The minimum Gasteiger partial charge on any atom is -0.493 e. The Hall–Kier alpha value is -3.78. The van der Waals surface area contributed by atoms with E-state index in [0.29, 0.717) is 17.1 Å². The number of hydrogen-bond donors (Lipinski definition) is 0. The molecule has 0 saturated carbocycles. The summed E-state index contributed by atoms with van der Waals surface area (Å²) in [4.78, 5) is 14.6. The third-order valence-electron chi connectivity index (χ3n) is 4.66. The van der Waals surface area contributed by atoms with Gasteiger partial charge >= 0.3 is 0 Å². The summed E-state index contributed by atoms with van der Waals surface area (Å²) in [5, 5.41) is 9.01. The van der Waals surface area contributed by atoms with Gasteiger partial charge in [0, 0.05) is 13.1 Å². The van der Waals surface area contributed by atoms with Gasteiger partial charge in [0.2, 0.25) is 0 Å². The van der Waals surface area contributed by atoms with Crippen LogP contribution in [0.3, 0.4) is 0 Å². The van der Waals surface area contributed by atoms with Gasteiger partial charge in [-0.05, 0) is 23.3 Å². The molecule has 0 N–H and O–H groups in total. The third kappa shape index (κ3) is 4.74. The lowest BCUT2D eigenvalue weighted by Gasteiger charge is -2.29. The molecule has 0 aliphatic rings. The molecule has 0 bridgehead atoms. The molecule has 5 heteroatoms. The summed E-state index contributed by atoms with van der Waals surface area (Å²) in [6.07, 6.45) is 0. The van der Waals surface area contributed by atoms with E-state index < -0.39 is 0 Å². The van der Waals surface area contributed by atoms with E-state index >= 15 is 0 Å². The number of benzene rings is 3. The molecule has 1 amide bonds. The van der Waals surface area contributed by atoms with Crippen molar-refractivity contribution in [2.24, 2.45) is 0 Å². The number of ether oxygens (including phenoxy) is 2. The molecule has 0 spiro atoms. The SMILES string of the molecule is COc1cc(C#N)ccc1OCC(=O)N(C)C(c1ccccc1)c1ccccc1. The number of likely N-dealkylation sites (N-methyl/N-ethyl adjacent to an activating group) is 1. The Kier molecular flexibility index (Phi) is 6.49. The minimum absolute atomic E-state index is 0.144. The Morgan fingerprint density at radius 1 is 0.966 bits per heavy atom. The maximum Gasteiger partial charge on any atom is 0.261 e. The van der Waals surface area contributed by atoms with E-state index in [-0.39, 0.29) is 18.6 Å². The molecular weight excluding hydrogens is 364 g/mol. The van der Waals surface area contributed by atoms with Gasteiger partial charge in [0.15, 0.2) is 18.1 Å². The third-order valence-corrected chi connectivity index (χ3v) is 4.66. The van der Waals surface area contributed by atoms with E-state index in [4.69, 9.17) is 14.7 Å². The Bertz CT molecular complexity index is 958. The Morgan fingerprint density at radius 3 is 2.07 bits per heavy atom. The quantitative estimate of drug-likeness (QED) is 0.611. The van der Waals surface area contributed by atoms with Gasteiger partial charge < -0.3 is 14.4 Å². The zero-order valence-electron chi connectivity index (χ0n) is 16.4. The first kappa shape index (κ1) is 20.0. The molecule has 3 aromatic carbocycles. The molecule has 5 nitrogen and oxygen atoms in total. The second-order valence-electron chi connectivity index (χ2n) is 6.49. The van der Waals surface area contributed by atoms with Crippen molar-refractivity contribution in [3.05, 3.63) is 95.6 Å². The fraction of sp³-hybridized carbons (Fsp3) is 0.167. The highest BCUT2D eigenvalue weighted by Gasteiger charge is 2.24. The van der Waals surface area contributed by atoms with E-state index in [1.165, 1.54) is 7.11 Å². The molecule has 0 aromatic heterocycles. The minimum atomic E-state index is -0.226. The molecule has 29 heavy (non-hydrogen) atoms. The largest absolute Gasteiger partial charge is 0.493 e. The van der Waals surface area contributed by atoms with Crippen LogP contribution in [0.5, 0.6) is 11.5 Å². The number of nitriles is 1. The molecule has 3 aromatic rings. The van der Waals surface area contributed by atoms with Gasteiger partial charge in [0.1, 0.15) is 0 Å². The maximum absolute atomic E-state index is 12.9. The predicted octanol–water partition coefficient (Wildman–Crippen LogP) is 4.19. The van der Waals surface area contributed by atoms with Crippen LogP contribution < -0.4 is 9.47 Å². The van der Waals surface area contributed by atoms with Crippen molar-refractivity contribution < 1.29 is 14.3 Å². The van der Waals surface area contributed by atoms with E-state index in [1.807, 2.05) is 60.7 Å². The van der Waals surface area contributed by atoms with E-state index in [0.717, 1.165) is 11.1 Å². The monoisotopic (exact) mass is 386 g/mol. The van der Waals surface area contributed by atoms with Gasteiger partial charge in [-0.25, -0.2) is 0 Å². The summed E-state index contributed by atoms with van der Waals surface area (Å²) in [6, 6.07) is 26.4. The molecule has 0 atom stereocenters. The standard InChI is InChI=1S/C24H22N2O3/c1-26(23(27)17-29-21-14-13-18(16-25)15-22(21)28-2)24(19-9-5-3-6-10-19)20-11-7-4-8-12-20/h3-15,24H,17H2,1-2H3. The van der Waals surface area contributed by atoms with Gasteiger partial charge in [-0.1, -0.05) is 60.7 Å². The summed E-state index contributed by atoms with van der Waals surface area (Å²) in [5.74, 6) is 0.667. The van der Waals surface area contributed by atoms with Crippen LogP contribution in [-0.2, 0) is 4.79 Å². The molecule has 3 rings (SSSR count). The first-order valence-corrected chi connectivity index (χ1v) is 9.20. The fourth-order valence-corrected chi connectivity index (χ4v) is 3.15. The molecule has 0 radical (unpaired) electrons. The van der Waals surface area contributed by atoms with Crippen LogP contribution >= 0.6 is 0 Å². The van der Waals surface area contributed by atoms with E-state index in [1.54, 1.807) is 30.1 Å². The molecule has 146 valence electrons. The van der Waals surface area contributed by atoms with E-state index in [2.05, 4.69) is 6.07 Å². The lowest BCUT2D eigenvalue weighted by Crippen LogP contribution is -2.35. The Labute approximate surface area is 170 Å². The van der Waals surface area contributed by atoms with Gasteiger partial charge in [-0.15, -0.1) is 0 Å². The van der Waals surface area contributed by atoms with Crippen LogP contribution in [0, 0.1) is 11.3 Å². The van der Waals surface area contributed by atoms with Gasteiger partial charge in [-0.2, -0.15) is 5.26 Å². The van der Waals surface area contributed by atoms with Crippen molar-refractivity contribution >= 4 is 5.91 Å². The van der Waals surface area contributed by atoms with Crippen molar-refractivity contribution in [2.45, 2.75) is 6.04 Å². The van der Waals surface area contributed by atoms with Crippen LogP contribution in [0.1, 0.15) is 22.7 Å². The molecule has 0 aliphatic carbocycles. The van der Waals surface area contributed by atoms with Crippen molar-refractivity contribution in [1.82, 2.24) is 4.90 Å². The summed E-state index contributed by atoms with van der Waals surface area (Å²) >= 11 is 0. The highest BCUT2D eigenvalue weighted by atomic mass is 16.5. The molecule has 0 fully saturated rings. The van der Waals surface area contributed by atoms with Crippen LogP contribution in [0.25, 0.3) is 0 Å². The van der Waals surface area contributed by atoms with Crippen molar-refractivity contribution in [3.8, 4) is 17.6 Å². The van der Waals surface area contributed by atoms with Gasteiger partial charge in [0.25, 0.3) is 5.91 Å². The van der Waals surface area contributed by atoms with Crippen molar-refractivity contribution in [1.29, 1.82) is 5.26 Å². The molecular formula is C24H22N2O3. The maximum atomic E-state index is 12.9. The predicted molar refractivity (Wildman–Crippen MR) is 111 cm³/mol. The number of hydrogen-bond acceptors (Lipinski definition) is 4. The van der Waals surface area contributed by atoms with Crippen molar-refractivity contribution in [3.63, 3.8) is 0 Å². The second-order valence-corrected chi connectivity index (χ2v) is 6.49. The highest BCUT2D eigenvalue weighted by Crippen LogP contribution is 2.30. The summed E-state index contributed by atoms with van der Waals surface area (Å²) in [5.41, 5.74) is 2.50. The summed E-state index contributed by atoms with van der Waals surface area (Å²) in [6.45, 7) is -0.144. The summed E-state index contributed by atoms with van der Waals surface area (Å²) in [7, 11) is 3.27. The van der Waals surface area contributed by atoms with Gasteiger partial charge in [0.05, 0.1) is 24.8 Å². The molecule has 0 unspecified atom stereocenters. The number of nitrogens with zero attached hydrogens (tertiary/aromatic N) is 2. The number of amides is 1. The van der Waals surface area contributed by atoms with Crippen LogP contribution in [0.4, 0.5) is 0 Å². The number of rotatable bonds is 7. The van der Waals surface area contributed by atoms with Crippen LogP contribution in [0.2, 0.25) is 0 Å². The topological polar surface area (TPSA) is 62.6 Å². The first-order chi connectivity index (χ1) is 14.1. The van der Waals surface area contributed by atoms with Crippen molar-refractivity contribution in [2.75, 3.05) is 20.8 Å². The van der Waals surface area contributed by atoms with Crippen LogP contribution in [-0.4, -0.2) is 31.6 Å². The Morgan fingerprint density at radius 2 is 1.55 bits per heavy atom. The molecule has 0 aliphatic heterocycles. The number of methoxy groups -OCH3 is 1. The molecule has 0 heterocycles. The van der Waals surface area contributed by atoms with Gasteiger partial charge in [-0.3, -0.25) is 4.79 Å². The lowest BCUT2D eigenvalue weighted by atomic mass is 9.97. The van der Waals surface area contributed by atoms with Crippen LogP contribution in [0.15, 0.2) is 78.9 Å². The highest BCUT2D eigenvalue weighted by molar-refractivity contribution is 5.78. The zero-order valence-corrected chi connectivity index (χ0v) is 16.4. The second kappa shape index (κ2) is 9.43. The first-order valence-electron chi connectivity index (χ1n) is 9.20. The zero-order chi connectivity index (χ0) is 20.6. The number of carbonyl (C=O) groups excluding carboxylic acids is 1. The van der Waals surface area contributed by atoms with E-state index in [9.17, 15) is 4.79 Å². The normalized spacial score (nSPS) is 10.3.